The van der Waals surface area contributed by atoms with Crippen molar-refractivity contribution in [3.05, 3.63) is 39.8 Å². The maximum absolute atomic E-state index is 13.2. The normalized spacial score (nSPS) is 30.1. The van der Waals surface area contributed by atoms with Crippen molar-refractivity contribution in [2.45, 2.75) is 50.7 Å². The Morgan fingerprint density at radius 2 is 2.07 bits per heavy atom. The number of esters is 1. The van der Waals surface area contributed by atoms with Crippen molar-refractivity contribution in [1.82, 2.24) is 9.47 Å². The standard InChI is InChI=1S/C22H26N2O5/c1-29-22(28)19-16(11-25)15-10-23-17(18(15)24(19)20(26)13-6-7-13)9-8-14(21(23)27)12-4-2-3-5-12/h4,8-9,13,15-16,18-19,25H,2-3,5-7,10-11H2,1H3/t15-,16-,18+,19-/m0/s1. The second-order valence-electron chi connectivity index (χ2n) is 8.65. The molecule has 29 heavy (non-hydrogen) atoms. The molecule has 0 bridgehead atoms. The van der Waals surface area contributed by atoms with Crippen LogP contribution in [0.2, 0.25) is 0 Å². The molecule has 4 aliphatic rings. The molecular formula is C22H26N2O5. The molecule has 3 heterocycles. The predicted octanol–water partition coefficient (Wildman–Crippen LogP) is 1.49. The lowest BCUT2D eigenvalue weighted by Crippen LogP contribution is -2.47. The zero-order valence-corrected chi connectivity index (χ0v) is 16.5. The van der Waals surface area contributed by atoms with E-state index in [1.165, 1.54) is 7.11 Å². The van der Waals surface area contributed by atoms with E-state index in [1.807, 2.05) is 12.1 Å². The fraction of sp³-hybridized carbons (Fsp3) is 0.591. The topological polar surface area (TPSA) is 88.8 Å². The van der Waals surface area contributed by atoms with Crippen LogP contribution >= 0.6 is 0 Å². The van der Waals surface area contributed by atoms with Crippen LogP contribution in [-0.4, -0.2) is 46.2 Å². The van der Waals surface area contributed by atoms with Crippen molar-refractivity contribution >= 4 is 17.4 Å². The molecular weight excluding hydrogens is 372 g/mol. The van der Waals surface area contributed by atoms with Gasteiger partial charge >= 0.3 is 5.97 Å². The van der Waals surface area contributed by atoms with Crippen LogP contribution in [0.4, 0.5) is 0 Å². The minimum absolute atomic E-state index is 0.0322. The molecule has 1 amide bonds. The number of methoxy groups -OCH3 is 1. The minimum Gasteiger partial charge on any atom is -0.467 e. The van der Waals surface area contributed by atoms with Gasteiger partial charge in [-0.1, -0.05) is 6.08 Å². The number of hydrogen-bond donors (Lipinski definition) is 1. The summed E-state index contributed by atoms with van der Waals surface area (Å²) in [6, 6.07) is 2.63. The Bertz CT molecular complexity index is 960. The van der Waals surface area contributed by atoms with E-state index in [0.717, 1.165) is 48.9 Å². The average molecular weight is 398 g/mol. The van der Waals surface area contributed by atoms with Crippen molar-refractivity contribution in [1.29, 1.82) is 0 Å². The highest BCUT2D eigenvalue weighted by Gasteiger charge is 2.59. The molecule has 1 N–H and O–H groups in total. The van der Waals surface area contributed by atoms with Crippen molar-refractivity contribution < 1.29 is 19.4 Å². The Balaban J connectivity index is 1.60. The summed E-state index contributed by atoms with van der Waals surface area (Å²) >= 11 is 0. The lowest BCUT2D eigenvalue weighted by Gasteiger charge is -2.30. The molecule has 2 fully saturated rings. The van der Waals surface area contributed by atoms with Crippen molar-refractivity contribution in [2.75, 3.05) is 13.7 Å². The number of carbonyl (C=O) groups excluding carboxylic acids is 2. The lowest BCUT2D eigenvalue weighted by molar-refractivity contribution is -0.154. The molecule has 0 unspecified atom stereocenters. The number of aromatic nitrogens is 1. The fourth-order valence-electron chi connectivity index (χ4n) is 5.52. The average Bonchev–Trinajstić information content (AvgIpc) is 3.17. The van der Waals surface area contributed by atoms with Gasteiger partial charge in [0.15, 0.2) is 0 Å². The molecule has 5 rings (SSSR count). The molecule has 1 aromatic heterocycles. The largest absolute Gasteiger partial charge is 0.467 e. The SMILES string of the molecule is COC(=O)[C@@H]1[C@@H](CO)[C@@H]2Cn3c(ccc(C4=CCCC4)c3=O)[C@@H]2N1C(=O)C1CC1. The third kappa shape index (κ3) is 2.70. The minimum atomic E-state index is -0.797. The Morgan fingerprint density at radius 1 is 1.28 bits per heavy atom. The maximum atomic E-state index is 13.2. The van der Waals surface area contributed by atoms with Crippen LogP contribution in [0, 0.1) is 17.8 Å². The number of pyridine rings is 1. The number of amides is 1. The Hall–Kier alpha value is -2.41. The maximum Gasteiger partial charge on any atom is 0.328 e. The summed E-state index contributed by atoms with van der Waals surface area (Å²) < 4.78 is 6.75. The third-order valence-electron chi connectivity index (χ3n) is 7.09. The fourth-order valence-corrected chi connectivity index (χ4v) is 5.52. The first kappa shape index (κ1) is 18.6. The summed E-state index contributed by atoms with van der Waals surface area (Å²) in [5, 5.41) is 10.1. The van der Waals surface area contributed by atoms with Crippen LogP contribution in [-0.2, 0) is 20.9 Å². The summed E-state index contributed by atoms with van der Waals surface area (Å²) in [4.78, 5) is 40.6. The van der Waals surface area contributed by atoms with Gasteiger partial charge < -0.3 is 19.3 Å². The zero-order chi connectivity index (χ0) is 20.3. The quantitative estimate of drug-likeness (QED) is 0.777. The van der Waals surface area contributed by atoms with Crippen molar-refractivity contribution in [3.8, 4) is 0 Å². The molecule has 0 spiro atoms. The van der Waals surface area contributed by atoms with Gasteiger partial charge in [-0.05, 0) is 49.8 Å². The third-order valence-corrected chi connectivity index (χ3v) is 7.09. The molecule has 4 atom stereocenters. The van der Waals surface area contributed by atoms with Crippen molar-refractivity contribution in [2.24, 2.45) is 17.8 Å². The Labute approximate surface area is 169 Å². The summed E-state index contributed by atoms with van der Waals surface area (Å²) in [5.41, 5.74) is 2.56. The van der Waals surface area contributed by atoms with E-state index in [0.29, 0.717) is 6.54 Å². The first-order chi connectivity index (χ1) is 14.1. The summed E-state index contributed by atoms with van der Waals surface area (Å²) in [6.07, 6.45) is 6.76. The number of allylic oxidation sites excluding steroid dienone is 2. The van der Waals surface area contributed by atoms with E-state index in [9.17, 15) is 19.5 Å². The van der Waals surface area contributed by atoms with Gasteiger partial charge in [0.05, 0.1) is 13.2 Å². The molecule has 2 aliphatic heterocycles. The predicted molar refractivity (Wildman–Crippen MR) is 105 cm³/mol. The van der Waals surface area contributed by atoms with Gasteiger partial charge in [-0.15, -0.1) is 0 Å². The second-order valence-corrected chi connectivity index (χ2v) is 8.65. The number of aliphatic hydroxyl groups excluding tert-OH is 1. The van der Waals surface area contributed by atoms with Crippen LogP contribution in [0.1, 0.15) is 49.4 Å². The molecule has 154 valence electrons. The lowest BCUT2D eigenvalue weighted by atomic mass is 9.88. The Morgan fingerprint density at radius 3 is 2.69 bits per heavy atom. The van der Waals surface area contributed by atoms with E-state index < -0.39 is 17.9 Å². The molecule has 0 radical (unpaired) electrons. The van der Waals surface area contributed by atoms with Gasteiger partial charge in [-0.25, -0.2) is 4.79 Å². The summed E-state index contributed by atoms with van der Waals surface area (Å²) in [7, 11) is 1.31. The number of fused-ring (bicyclic) bond motifs is 3. The molecule has 7 heteroatoms. The highest BCUT2D eigenvalue weighted by molar-refractivity contribution is 5.88. The molecule has 1 aromatic rings. The summed E-state index contributed by atoms with van der Waals surface area (Å²) in [5.74, 6) is -1.23. The molecule has 2 aliphatic carbocycles. The van der Waals surface area contributed by atoms with E-state index >= 15 is 0 Å². The number of carbonyl (C=O) groups is 2. The smallest absolute Gasteiger partial charge is 0.328 e. The van der Waals surface area contributed by atoms with Crippen LogP contribution in [0.15, 0.2) is 23.0 Å². The van der Waals surface area contributed by atoms with Gasteiger partial charge in [0.1, 0.15) is 6.04 Å². The van der Waals surface area contributed by atoms with E-state index in [2.05, 4.69) is 6.08 Å². The van der Waals surface area contributed by atoms with Crippen LogP contribution < -0.4 is 5.56 Å². The zero-order valence-electron chi connectivity index (χ0n) is 16.5. The number of nitrogens with zero attached hydrogens (tertiary/aromatic N) is 2. The van der Waals surface area contributed by atoms with Gasteiger partial charge in [-0.2, -0.15) is 0 Å². The van der Waals surface area contributed by atoms with Gasteiger partial charge in [0.2, 0.25) is 5.91 Å². The van der Waals surface area contributed by atoms with Gasteiger partial charge in [-0.3, -0.25) is 9.59 Å². The highest BCUT2D eigenvalue weighted by Crippen LogP contribution is 2.51. The molecule has 1 saturated heterocycles. The van der Waals surface area contributed by atoms with Crippen LogP contribution in [0.3, 0.4) is 0 Å². The first-order valence-corrected chi connectivity index (χ1v) is 10.5. The number of ether oxygens (including phenoxy) is 1. The second kappa shape index (κ2) is 6.83. The molecule has 1 saturated carbocycles. The monoisotopic (exact) mass is 398 g/mol. The van der Waals surface area contributed by atoms with Gasteiger partial charge in [0, 0.05) is 42.2 Å². The van der Waals surface area contributed by atoms with E-state index in [1.54, 1.807) is 9.47 Å². The number of hydrogen-bond acceptors (Lipinski definition) is 5. The van der Waals surface area contributed by atoms with Crippen molar-refractivity contribution in [3.63, 3.8) is 0 Å². The number of aliphatic hydroxyl groups is 1. The van der Waals surface area contributed by atoms with Gasteiger partial charge in [0.25, 0.3) is 5.56 Å². The van der Waals surface area contributed by atoms with Crippen LogP contribution in [0.25, 0.3) is 5.57 Å². The highest BCUT2D eigenvalue weighted by atomic mass is 16.5. The van der Waals surface area contributed by atoms with E-state index in [-0.39, 0.29) is 36.0 Å². The Kier molecular flexibility index (Phi) is 4.38. The number of rotatable bonds is 4. The van der Waals surface area contributed by atoms with Crippen LogP contribution in [0.5, 0.6) is 0 Å². The molecule has 0 aromatic carbocycles. The van der Waals surface area contributed by atoms with E-state index in [4.69, 9.17) is 4.74 Å². The first-order valence-electron chi connectivity index (χ1n) is 10.5. The summed E-state index contributed by atoms with van der Waals surface area (Å²) in [6.45, 7) is 0.184. The number of likely N-dealkylation sites (tertiary alicyclic amines) is 1. The molecule has 7 nitrogen and oxygen atoms in total.